The molecule has 0 radical (unpaired) electrons. The first-order chi connectivity index (χ1) is 12.6. The second-order valence-corrected chi connectivity index (χ2v) is 7.46. The number of thiocarbonyl (C=S) groups is 1. The van der Waals surface area contributed by atoms with E-state index < -0.39 is 0 Å². The molecule has 2 heterocycles. The smallest absolute Gasteiger partial charge is 0.173 e. The highest BCUT2D eigenvalue weighted by Gasteiger charge is 2.24. The minimum absolute atomic E-state index is 0.474. The second kappa shape index (κ2) is 7.08. The SMILES string of the molecule is Cc1cccc(NC(=S)N2CCC(c3nc4ccccc4[nH]3)CC2)c1C. The van der Waals surface area contributed by atoms with Gasteiger partial charge in [-0.25, -0.2) is 4.98 Å². The predicted molar refractivity (Wildman–Crippen MR) is 112 cm³/mol. The number of hydrogen-bond acceptors (Lipinski definition) is 2. The number of H-pyrrole nitrogens is 1. The van der Waals surface area contributed by atoms with E-state index in [1.807, 2.05) is 12.1 Å². The van der Waals surface area contributed by atoms with Crippen LogP contribution in [0.1, 0.15) is 35.7 Å². The Kier molecular flexibility index (Phi) is 4.64. The molecule has 4 nitrogen and oxygen atoms in total. The molecule has 2 aromatic carbocycles. The minimum atomic E-state index is 0.474. The third-order valence-corrected chi connectivity index (χ3v) is 5.78. The normalized spacial score (nSPS) is 15.4. The van der Waals surface area contributed by atoms with Crippen LogP contribution in [-0.4, -0.2) is 33.1 Å². The molecule has 4 rings (SSSR count). The van der Waals surface area contributed by atoms with Crippen LogP contribution in [0.5, 0.6) is 0 Å². The number of aromatic amines is 1. The molecule has 5 heteroatoms. The van der Waals surface area contributed by atoms with Crippen molar-refractivity contribution in [1.29, 1.82) is 0 Å². The Hall–Kier alpha value is -2.40. The lowest BCUT2D eigenvalue weighted by molar-refractivity contribution is 0.311. The summed E-state index contributed by atoms with van der Waals surface area (Å²) >= 11 is 5.66. The molecule has 1 aliphatic rings. The lowest BCUT2D eigenvalue weighted by Crippen LogP contribution is -2.40. The zero-order valence-electron chi connectivity index (χ0n) is 15.2. The summed E-state index contributed by atoms with van der Waals surface area (Å²) in [4.78, 5) is 10.5. The number of fused-ring (bicyclic) bond motifs is 1. The average Bonchev–Trinajstić information content (AvgIpc) is 3.10. The van der Waals surface area contributed by atoms with Crippen LogP contribution in [0.2, 0.25) is 0 Å². The van der Waals surface area contributed by atoms with E-state index in [1.165, 1.54) is 11.1 Å². The number of para-hydroxylation sites is 2. The van der Waals surface area contributed by atoms with Gasteiger partial charge in [-0.05, 0) is 68.2 Å². The standard InChI is InChI=1S/C21H24N4S/c1-14-6-5-9-17(15(14)2)24-21(26)25-12-10-16(11-13-25)20-22-18-7-3-4-8-19(18)23-20/h3-9,16H,10-13H2,1-2H3,(H,22,23)(H,24,26). The van der Waals surface area contributed by atoms with Crippen molar-refractivity contribution in [1.82, 2.24) is 14.9 Å². The summed E-state index contributed by atoms with van der Waals surface area (Å²) in [5, 5.41) is 4.25. The minimum Gasteiger partial charge on any atom is -0.349 e. The molecule has 0 unspecified atom stereocenters. The summed E-state index contributed by atoms with van der Waals surface area (Å²) < 4.78 is 0. The zero-order chi connectivity index (χ0) is 18.1. The number of nitrogens with one attached hydrogen (secondary N) is 2. The predicted octanol–water partition coefficient (Wildman–Crippen LogP) is 4.76. The molecular weight excluding hydrogens is 340 g/mol. The second-order valence-electron chi connectivity index (χ2n) is 7.08. The Labute approximate surface area is 159 Å². The summed E-state index contributed by atoms with van der Waals surface area (Å²) in [6.45, 7) is 6.17. The van der Waals surface area contributed by atoms with E-state index in [0.29, 0.717) is 5.92 Å². The van der Waals surface area contributed by atoms with Gasteiger partial charge in [-0.15, -0.1) is 0 Å². The van der Waals surface area contributed by atoms with E-state index in [0.717, 1.165) is 53.6 Å². The van der Waals surface area contributed by atoms with Crippen molar-refractivity contribution in [3.63, 3.8) is 0 Å². The van der Waals surface area contributed by atoms with Gasteiger partial charge in [0, 0.05) is 24.7 Å². The number of rotatable bonds is 2. The van der Waals surface area contributed by atoms with Gasteiger partial charge in [-0.1, -0.05) is 24.3 Å². The van der Waals surface area contributed by atoms with E-state index in [9.17, 15) is 0 Å². The molecule has 0 spiro atoms. The fourth-order valence-electron chi connectivity index (χ4n) is 3.60. The van der Waals surface area contributed by atoms with Crippen molar-refractivity contribution in [2.24, 2.45) is 0 Å². The van der Waals surface area contributed by atoms with Crippen LogP contribution in [-0.2, 0) is 0 Å². The first kappa shape index (κ1) is 17.0. The topological polar surface area (TPSA) is 44.0 Å². The summed E-state index contributed by atoms with van der Waals surface area (Å²) in [5.74, 6) is 1.58. The maximum Gasteiger partial charge on any atom is 0.173 e. The van der Waals surface area contributed by atoms with E-state index in [4.69, 9.17) is 17.2 Å². The molecule has 3 aromatic rings. The number of piperidine rings is 1. The molecule has 0 saturated carbocycles. The van der Waals surface area contributed by atoms with Gasteiger partial charge in [-0.2, -0.15) is 0 Å². The van der Waals surface area contributed by atoms with Crippen molar-refractivity contribution >= 4 is 34.1 Å². The Morgan fingerprint density at radius 1 is 1.12 bits per heavy atom. The van der Waals surface area contributed by atoms with Gasteiger partial charge in [0.05, 0.1) is 11.0 Å². The van der Waals surface area contributed by atoms with Crippen LogP contribution in [0.25, 0.3) is 11.0 Å². The van der Waals surface area contributed by atoms with Gasteiger partial charge in [0.2, 0.25) is 0 Å². The van der Waals surface area contributed by atoms with Crippen molar-refractivity contribution in [2.45, 2.75) is 32.6 Å². The van der Waals surface area contributed by atoms with Crippen molar-refractivity contribution in [3.8, 4) is 0 Å². The molecule has 1 saturated heterocycles. The van der Waals surface area contributed by atoms with Gasteiger partial charge in [0.25, 0.3) is 0 Å². The maximum absolute atomic E-state index is 5.66. The fraction of sp³-hybridized carbons (Fsp3) is 0.333. The van der Waals surface area contributed by atoms with Crippen LogP contribution >= 0.6 is 12.2 Å². The molecule has 0 atom stereocenters. The van der Waals surface area contributed by atoms with Crippen LogP contribution in [0.4, 0.5) is 5.69 Å². The Morgan fingerprint density at radius 3 is 2.65 bits per heavy atom. The number of nitrogens with zero attached hydrogens (tertiary/aromatic N) is 2. The molecular formula is C21H24N4S. The highest BCUT2D eigenvalue weighted by molar-refractivity contribution is 7.80. The van der Waals surface area contributed by atoms with E-state index in [-0.39, 0.29) is 0 Å². The van der Waals surface area contributed by atoms with Gasteiger partial charge in [0.1, 0.15) is 5.82 Å². The third-order valence-electron chi connectivity index (χ3n) is 5.42. The Bertz CT molecular complexity index is 905. The van der Waals surface area contributed by atoms with Gasteiger partial charge < -0.3 is 15.2 Å². The molecule has 1 aliphatic heterocycles. The van der Waals surface area contributed by atoms with Gasteiger partial charge >= 0.3 is 0 Å². The fourth-order valence-corrected chi connectivity index (χ4v) is 3.90. The van der Waals surface area contributed by atoms with Crippen molar-refractivity contribution in [3.05, 3.63) is 59.4 Å². The van der Waals surface area contributed by atoms with Gasteiger partial charge in [-0.3, -0.25) is 0 Å². The van der Waals surface area contributed by atoms with Crippen LogP contribution in [0, 0.1) is 13.8 Å². The van der Waals surface area contributed by atoms with Gasteiger partial charge in [0.15, 0.2) is 5.11 Å². The summed E-state index contributed by atoms with van der Waals surface area (Å²) in [6.07, 6.45) is 2.13. The third kappa shape index (κ3) is 3.31. The number of aromatic nitrogens is 2. The molecule has 2 N–H and O–H groups in total. The number of aryl methyl sites for hydroxylation is 1. The molecule has 0 bridgehead atoms. The average molecular weight is 365 g/mol. The number of hydrogen-bond donors (Lipinski definition) is 2. The summed E-state index contributed by atoms with van der Waals surface area (Å²) in [7, 11) is 0. The molecule has 1 aromatic heterocycles. The number of benzene rings is 2. The summed E-state index contributed by atoms with van der Waals surface area (Å²) in [5.41, 5.74) is 5.82. The quantitative estimate of drug-likeness (QED) is 0.644. The Morgan fingerprint density at radius 2 is 1.88 bits per heavy atom. The van der Waals surface area contributed by atoms with E-state index >= 15 is 0 Å². The molecule has 0 amide bonds. The van der Waals surface area contributed by atoms with E-state index in [2.05, 4.69) is 59.4 Å². The van der Waals surface area contributed by atoms with Crippen molar-refractivity contribution < 1.29 is 0 Å². The molecule has 26 heavy (non-hydrogen) atoms. The first-order valence-electron chi connectivity index (χ1n) is 9.18. The number of imidazole rings is 1. The largest absolute Gasteiger partial charge is 0.349 e. The highest BCUT2D eigenvalue weighted by Crippen LogP contribution is 2.28. The van der Waals surface area contributed by atoms with Crippen LogP contribution in [0.3, 0.4) is 0 Å². The highest BCUT2D eigenvalue weighted by atomic mass is 32.1. The van der Waals surface area contributed by atoms with E-state index in [1.54, 1.807) is 0 Å². The van der Waals surface area contributed by atoms with Crippen molar-refractivity contribution in [2.75, 3.05) is 18.4 Å². The lowest BCUT2D eigenvalue weighted by Gasteiger charge is -2.33. The monoisotopic (exact) mass is 364 g/mol. The maximum atomic E-state index is 5.66. The molecule has 0 aliphatic carbocycles. The Balaban J connectivity index is 1.40. The summed E-state index contributed by atoms with van der Waals surface area (Å²) in [6, 6.07) is 14.5. The zero-order valence-corrected chi connectivity index (χ0v) is 16.1. The van der Waals surface area contributed by atoms with Crippen LogP contribution < -0.4 is 5.32 Å². The number of likely N-dealkylation sites (tertiary alicyclic amines) is 1. The lowest BCUT2D eigenvalue weighted by atomic mass is 9.96. The molecule has 134 valence electrons. The molecule has 1 fully saturated rings. The number of anilines is 1. The first-order valence-corrected chi connectivity index (χ1v) is 9.59. The van der Waals surface area contributed by atoms with Crippen LogP contribution in [0.15, 0.2) is 42.5 Å².